The number of hydrogen-bond donors (Lipinski definition) is 1. The van der Waals surface area contributed by atoms with Crippen LogP contribution in [0.25, 0.3) is 0 Å². The Labute approximate surface area is 62.3 Å². The van der Waals surface area contributed by atoms with Gasteiger partial charge in [0, 0.05) is 0 Å². The normalized spacial score (nSPS) is 9.55. The molecule has 0 radical (unpaired) electrons. The van der Waals surface area contributed by atoms with Crippen LogP contribution in [0.5, 0.6) is 0 Å². The zero-order chi connectivity index (χ0) is 8.27. The molecular weight excluding hydrogens is 150 g/mol. The maximum absolute atomic E-state index is 10.1. The van der Waals surface area contributed by atoms with E-state index in [2.05, 4.69) is 19.4 Å². The Morgan fingerprint density at radius 2 is 2.55 bits per heavy atom. The molecule has 1 rings (SSSR count). The minimum Gasteiger partial charge on any atom is -0.440 e. The van der Waals surface area contributed by atoms with Gasteiger partial charge in [0.25, 0.3) is 5.89 Å². The number of carbonyl (C=O) groups is 1. The number of rotatable bonds is 2. The second kappa shape index (κ2) is 3.00. The Morgan fingerprint density at radius 1 is 1.82 bits per heavy atom. The third kappa shape index (κ3) is 2.24. The van der Waals surface area contributed by atoms with Crippen molar-refractivity contribution in [3.8, 4) is 0 Å². The van der Waals surface area contributed by atoms with Crippen molar-refractivity contribution in [3.05, 3.63) is 11.7 Å². The van der Waals surface area contributed by atoms with Gasteiger partial charge in [-0.1, -0.05) is 5.16 Å². The summed E-state index contributed by atoms with van der Waals surface area (Å²) in [5.41, 5.74) is 4.70. The van der Waals surface area contributed by atoms with Gasteiger partial charge in [-0.25, -0.2) is 4.79 Å². The average molecular weight is 157 g/mol. The SMILES string of the molecule is Cc1noc(COC(N)=O)n1. The molecule has 11 heavy (non-hydrogen) atoms. The molecule has 0 aliphatic heterocycles. The van der Waals surface area contributed by atoms with Crippen LogP contribution in [-0.4, -0.2) is 16.2 Å². The van der Waals surface area contributed by atoms with Crippen LogP contribution < -0.4 is 5.73 Å². The fourth-order valence-electron chi connectivity index (χ4n) is 0.532. The highest BCUT2D eigenvalue weighted by Gasteiger charge is 2.03. The number of hydrogen-bond acceptors (Lipinski definition) is 5. The first kappa shape index (κ1) is 7.52. The summed E-state index contributed by atoms with van der Waals surface area (Å²) in [5.74, 6) is 0.731. The molecule has 0 bridgehead atoms. The highest BCUT2D eigenvalue weighted by Crippen LogP contribution is 1.96. The van der Waals surface area contributed by atoms with Crippen LogP contribution in [-0.2, 0) is 11.3 Å². The Bertz CT molecular complexity index is 257. The van der Waals surface area contributed by atoms with E-state index in [9.17, 15) is 4.79 Å². The third-order valence-corrected chi connectivity index (χ3v) is 0.908. The highest BCUT2D eigenvalue weighted by atomic mass is 16.6. The van der Waals surface area contributed by atoms with Gasteiger partial charge in [0.15, 0.2) is 12.4 Å². The van der Waals surface area contributed by atoms with Crippen molar-refractivity contribution in [1.82, 2.24) is 10.1 Å². The van der Waals surface area contributed by atoms with Gasteiger partial charge in [-0.3, -0.25) is 0 Å². The summed E-state index contributed by atoms with van der Waals surface area (Å²) >= 11 is 0. The van der Waals surface area contributed by atoms with E-state index < -0.39 is 6.09 Å². The molecule has 6 nitrogen and oxygen atoms in total. The van der Waals surface area contributed by atoms with Crippen molar-refractivity contribution in [2.45, 2.75) is 13.5 Å². The van der Waals surface area contributed by atoms with E-state index in [4.69, 9.17) is 5.73 Å². The standard InChI is InChI=1S/C5H7N3O3/c1-3-7-4(11-8-3)2-10-5(6)9/h2H2,1H3,(H2,6,9). The minimum atomic E-state index is -0.860. The maximum atomic E-state index is 10.1. The molecule has 60 valence electrons. The van der Waals surface area contributed by atoms with Crippen molar-refractivity contribution < 1.29 is 14.1 Å². The summed E-state index contributed by atoms with van der Waals surface area (Å²) in [6.45, 7) is 1.59. The Morgan fingerprint density at radius 3 is 3.00 bits per heavy atom. The molecule has 1 heterocycles. The van der Waals surface area contributed by atoms with E-state index in [1.54, 1.807) is 6.92 Å². The molecule has 6 heteroatoms. The number of carbonyl (C=O) groups excluding carboxylic acids is 1. The lowest BCUT2D eigenvalue weighted by molar-refractivity contribution is 0.135. The van der Waals surface area contributed by atoms with Crippen molar-refractivity contribution >= 4 is 6.09 Å². The lowest BCUT2D eigenvalue weighted by atomic mass is 10.7. The molecule has 0 aromatic carbocycles. The molecule has 0 saturated carbocycles. The predicted octanol–water partition coefficient (Wildman–Crippen LogP) is -0.0267. The van der Waals surface area contributed by atoms with Crippen LogP contribution >= 0.6 is 0 Å². The summed E-state index contributed by atoms with van der Waals surface area (Å²) in [6, 6.07) is 0. The second-order valence-electron chi connectivity index (χ2n) is 1.84. The molecule has 1 amide bonds. The fourth-order valence-corrected chi connectivity index (χ4v) is 0.532. The predicted molar refractivity (Wildman–Crippen MR) is 33.4 cm³/mol. The number of ether oxygens (including phenoxy) is 1. The lowest BCUT2D eigenvalue weighted by Crippen LogP contribution is -2.12. The summed E-state index contributed by atoms with van der Waals surface area (Å²) in [5, 5.41) is 3.48. The molecule has 0 aliphatic rings. The molecule has 0 spiro atoms. The molecule has 0 atom stereocenters. The quantitative estimate of drug-likeness (QED) is 0.650. The fraction of sp³-hybridized carbons (Fsp3) is 0.400. The molecule has 1 aromatic rings. The average Bonchev–Trinajstić information content (AvgIpc) is 2.31. The molecule has 2 N–H and O–H groups in total. The van der Waals surface area contributed by atoms with Gasteiger partial charge in [0.1, 0.15) is 0 Å². The Hall–Kier alpha value is -1.59. The summed E-state index contributed by atoms with van der Waals surface area (Å²) in [4.78, 5) is 13.9. The van der Waals surface area contributed by atoms with Crippen LogP contribution in [0.3, 0.4) is 0 Å². The van der Waals surface area contributed by atoms with Gasteiger partial charge in [0.05, 0.1) is 0 Å². The van der Waals surface area contributed by atoms with E-state index in [-0.39, 0.29) is 12.5 Å². The first-order valence-electron chi connectivity index (χ1n) is 2.90. The summed E-state index contributed by atoms with van der Waals surface area (Å²) in [6.07, 6.45) is -0.860. The van der Waals surface area contributed by atoms with Gasteiger partial charge in [-0.15, -0.1) is 0 Å². The molecular formula is C5H7N3O3. The second-order valence-corrected chi connectivity index (χ2v) is 1.84. The van der Waals surface area contributed by atoms with Crippen molar-refractivity contribution in [3.63, 3.8) is 0 Å². The van der Waals surface area contributed by atoms with Crippen LogP contribution in [0.15, 0.2) is 4.52 Å². The van der Waals surface area contributed by atoms with E-state index in [1.807, 2.05) is 0 Å². The number of aryl methyl sites for hydroxylation is 1. The van der Waals surface area contributed by atoms with E-state index in [0.717, 1.165) is 0 Å². The van der Waals surface area contributed by atoms with Gasteiger partial charge in [0.2, 0.25) is 0 Å². The number of nitrogens with two attached hydrogens (primary N) is 1. The van der Waals surface area contributed by atoms with Crippen molar-refractivity contribution in [1.29, 1.82) is 0 Å². The van der Waals surface area contributed by atoms with Crippen LogP contribution in [0, 0.1) is 6.92 Å². The maximum Gasteiger partial charge on any atom is 0.405 e. The Kier molecular flexibility index (Phi) is 2.05. The molecule has 0 unspecified atom stereocenters. The molecule has 1 aromatic heterocycles. The molecule has 0 fully saturated rings. The highest BCUT2D eigenvalue weighted by molar-refractivity contribution is 5.64. The summed E-state index contributed by atoms with van der Waals surface area (Å²) in [7, 11) is 0. The third-order valence-electron chi connectivity index (χ3n) is 0.908. The van der Waals surface area contributed by atoms with E-state index in [1.165, 1.54) is 0 Å². The van der Waals surface area contributed by atoms with Crippen molar-refractivity contribution in [2.24, 2.45) is 5.73 Å². The molecule has 0 aliphatic carbocycles. The van der Waals surface area contributed by atoms with Crippen LogP contribution in [0.1, 0.15) is 11.7 Å². The number of nitrogens with zero attached hydrogens (tertiary/aromatic N) is 2. The first-order valence-corrected chi connectivity index (χ1v) is 2.90. The van der Waals surface area contributed by atoms with E-state index >= 15 is 0 Å². The minimum absolute atomic E-state index is 0.0732. The van der Waals surface area contributed by atoms with Gasteiger partial charge < -0.3 is 15.0 Å². The number of primary amides is 1. The first-order chi connectivity index (χ1) is 5.18. The van der Waals surface area contributed by atoms with Crippen LogP contribution in [0.4, 0.5) is 4.79 Å². The van der Waals surface area contributed by atoms with Gasteiger partial charge in [-0.05, 0) is 6.92 Å². The number of amides is 1. The molecule has 0 saturated heterocycles. The van der Waals surface area contributed by atoms with E-state index in [0.29, 0.717) is 5.82 Å². The largest absolute Gasteiger partial charge is 0.440 e. The monoisotopic (exact) mass is 157 g/mol. The van der Waals surface area contributed by atoms with Crippen LogP contribution in [0.2, 0.25) is 0 Å². The number of aromatic nitrogens is 2. The zero-order valence-corrected chi connectivity index (χ0v) is 5.90. The zero-order valence-electron chi connectivity index (χ0n) is 5.90. The lowest BCUT2D eigenvalue weighted by Gasteiger charge is -1.93. The van der Waals surface area contributed by atoms with Gasteiger partial charge >= 0.3 is 6.09 Å². The topological polar surface area (TPSA) is 91.2 Å². The van der Waals surface area contributed by atoms with Crippen molar-refractivity contribution in [2.75, 3.05) is 0 Å². The van der Waals surface area contributed by atoms with Gasteiger partial charge in [-0.2, -0.15) is 4.98 Å². The smallest absolute Gasteiger partial charge is 0.405 e. The summed E-state index contributed by atoms with van der Waals surface area (Å²) < 4.78 is 9.00. The Balaban J connectivity index is 2.45.